The maximum atomic E-state index is 13.0. The molecule has 1 aliphatic rings. The topological polar surface area (TPSA) is 86.4 Å². The maximum Gasteiger partial charge on any atom is 0.365 e. The van der Waals surface area contributed by atoms with Gasteiger partial charge in [-0.2, -0.15) is 9.67 Å². The summed E-state index contributed by atoms with van der Waals surface area (Å²) in [7, 11) is 1.18. The van der Waals surface area contributed by atoms with Crippen molar-refractivity contribution in [1.29, 1.82) is 0 Å². The second kappa shape index (κ2) is 5.10. The van der Waals surface area contributed by atoms with Gasteiger partial charge in [0.05, 0.1) is 13.7 Å². The Hall–Kier alpha value is -2.97. The van der Waals surface area contributed by atoms with Crippen molar-refractivity contribution in [3.8, 4) is 0 Å². The molecule has 0 bridgehead atoms. The van der Waals surface area contributed by atoms with Crippen LogP contribution in [-0.2, 0) is 22.6 Å². The molecule has 22 heavy (non-hydrogen) atoms. The van der Waals surface area contributed by atoms with E-state index in [-0.39, 0.29) is 12.4 Å². The predicted octanol–water partition coefficient (Wildman–Crippen LogP) is 0.345. The van der Waals surface area contributed by atoms with Crippen molar-refractivity contribution in [2.24, 2.45) is 0 Å². The lowest BCUT2D eigenvalue weighted by Crippen LogP contribution is -2.35. The first-order valence-corrected chi connectivity index (χ1v) is 6.34. The Labute approximate surface area is 123 Å². The summed E-state index contributed by atoms with van der Waals surface area (Å²) in [4.78, 5) is 40.6. The molecule has 2 heterocycles. The lowest BCUT2D eigenvalue weighted by molar-refractivity contribution is -0.141. The Bertz CT molecular complexity index is 808. The van der Waals surface area contributed by atoms with Gasteiger partial charge in [-0.3, -0.25) is 9.69 Å². The van der Waals surface area contributed by atoms with Crippen LogP contribution in [0.4, 0.5) is 14.9 Å². The van der Waals surface area contributed by atoms with Gasteiger partial charge in [0.25, 0.3) is 0 Å². The number of anilines is 1. The van der Waals surface area contributed by atoms with Crippen LogP contribution in [0.1, 0.15) is 5.82 Å². The highest BCUT2D eigenvalue weighted by Crippen LogP contribution is 2.22. The van der Waals surface area contributed by atoms with E-state index in [9.17, 15) is 18.8 Å². The van der Waals surface area contributed by atoms with Gasteiger partial charge in [-0.05, 0) is 24.3 Å². The first kappa shape index (κ1) is 14.0. The number of amides is 1. The molecule has 0 radical (unpaired) electrons. The molecule has 1 aromatic carbocycles. The fraction of sp³-hybridized carbons (Fsp3) is 0.231. The third-order valence-electron chi connectivity index (χ3n) is 3.29. The zero-order valence-corrected chi connectivity index (χ0v) is 11.5. The zero-order chi connectivity index (χ0) is 15.9. The van der Waals surface area contributed by atoms with E-state index in [1.165, 1.54) is 36.3 Å². The average molecular weight is 306 g/mol. The molecule has 1 aliphatic heterocycles. The Morgan fingerprint density at radius 2 is 2.00 bits per heavy atom. The van der Waals surface area contributed by atoms with Gasteiger partial charge in [-0.1, -0.05) is 0 Å². The van der Waals surface area contributed by atoms with Crippen LogP contribution in [0, 0.1) is 5.82 Å². The van der Waals surface area contributed by atoms with E-state index in [1.54, 1.807) is 0 Å². The van der Waals surface area contributed by atoms with Crippen molar-refractivity contribution >= 4 is 17.7 Å². The van der Waals surface area contributed by atoms with Crippen LogP contribution in [-0.4, -0.2) is 33.5 Å². The van der Waals surface area contributed by atoms with Gasteiger partial charge in [0.15, 0.2) is 5.82 Å². The van der Waals surface area contributed by atoms with E-state index in [2.05, 4.69) is 9.72 Å². The summed E-state index contributed by atoms with van der Waals surface area (Å²) in [5, 5.41) is 0. The molecule has 0 saturated heterocycles. The second-order valence-corrected chi connectivity index (χ2v) is 4.60. The van der Waals surface area contributed by atoms with Crippen LogP contribution in [0.5, 0.6) is 0 Å². The predicted molar refractivity (Wildman–Crippen MR) is 71.9 cm³/mol. The van der Waals surface area contributed by atoms with Crippen molar-refractivity contribution in [1.82, 2.24) is 14.3 Å². The average Bonchev–Trinajstić information content (AvgIpc) is 2.97. The minimum atomic E-state index is -0.701. The zero-order valence-electron chi connectivity index (χ0n) is 11.5. The number of carbonyl (C=O) groups excluding carboxylic acids is 2. The molecule has 0 fully saturated rings. The highest BCUT2D eigenvalue weighted by molar-refractivity contribution is 5.95. The summed E-state index contributed by atoms with van der Waals surface area (Å²) in [6.07, 6.45) is 0. The Balaban J connectivity index is 1.96. The van der Waals surface area contributed by atoms with Crippen molar-refractivity contribution in [3.63, 3.8) is 0 Å². The minimum absolute atomic E-state index is 0.0634. The van der Waals surface area contributed by atoms with E-state index in [0.29, 0.717) is 5.69 Å². The fourth-order valence-electron chi connectivity index (χ4n) is 2.23. The largest absolute Gasteiger partial charge is 0.468 e. The summed E-state index contributed by atoms with van der Waals surface area (Å²) in [6.45, 7) is -0.348. The first-order valence-electron chi connectivity index (χ1n) is 6.34. The summed E-state index contributed by atoms with van der Waals surface area (Å²) in [5.74, 6) is -0.878. The SMILES string of the molecule is COC(=O)Cn1c(=O)nc2n1C(=O)N(c1ccc(F)cc1)C2. The monoisotopic (exact) mass is 306 g/mol. The number of methoxy groups -OCH3 is 1. The lowest BCUT2D eigenvalue weighted by Gasteiger charge is -2.15. The fourth-order valence-corrected chi connectivity index (χ4v) is 2.23. The molecular weight excluding hydrogens is 295 g/mol. The molecule has 1 amide bonds. The van der Waals surface area contributed by atoms with Gasteiger partial charge in [-0.15, -0.1) is 0 Å². The number of rotatable bonds is 3. The van der Waals surface area contributed by atoms with Gasteiger partial charge in [-0.25, -0.2) is 18.7 Å². The van der Waals surface area contributed by atoms with E-state index >= 15 is 0 Å². The van der Waals surface area contributed by atoms with Gasteiger partial charge < -0.3 is 4.74 Å². The number of carbonyl (C=O) groups is 2. The number of hydrogen-bond acceptors (Lipinski definition) is 5. The Morgan fingerprint density at radius 3 is 2.64 bits per heavy atom. The number of fused-ring (bicyclic) bond motifs is 1. The summed E-state index contributed by atoms with van der Waals surface area (Å²) >= 11 is 0. The molecule has 0 atom stereocenters. The first-order chi connectivity index (χ1) is 10.5. The molecule has 9 heteroatoms. The highest BCUT2D eigenvalue weighted by Gasteiger charge is 2.33. The van der Waals surface area contributed by atoms with E-state index in [1.807, 2.05) is 0 Å². The van der Waals surface area contributed by atoms with E-state index in [0.717, 1.165) is 9.36 Å². The molecular formula is C13H11FN4O4. The number of aromatic nitrogens is 3. The minimum Gasteiger partial charge on any atom is -0.468 e. The number of nitrogens with zero attached hydrogens (tertiary/aromatic N) is 4. The molecule has 0 unspecified atom stereocenters. The van der Waals surface area contributed by atoms with Gasteiger partial charge in [0, 0.05) is 5.69 Å². The number of benzene rings is 1. The molecule has 0 spiro atoms. The van der Waals surface area contributed by atoms with Crippen molar-refractivity contribution in [2.45, 2.75) is 13.1 Å². The third-order valence-corrected chi connectivity index (χ3v) is 3.29. The molecule has 1 aromatic heterocycles. The van der Waals surface area contributed by atoms with Crippen LogP contribution >= 0.6 is 0 Å². The van der Waals surface area contributed by atoms with Crippen molar-refractivity contribution in [3.05, 3.63) is 46.4 Å². The van der Waals surface area contributed by atoms with Crippen molar-refractivity contribution < 1.29 is 18.7 Å². The van der Waals surface area contributed by atoms with Crippen molar-refractivity contribution in [2.75, 3.05) is 12.0 Å². The Morgan fingerprint density at radius 1 is 1.32 bits per heavy atom. The maximum absolute atomic E-state index is 13.0. The standard InChI is InChI=1S/C13H11FN4O4/c1-22-11(19)7-17-12(20)15-10-6-16(13(21)18(10)17)9-4-2-8(14)3-5-9/h2-5H,6-7H2,1H3. The lowest BCUT2D eigenvalue weighted by atomic mass is 10.3. The van der Waals surface area contributed by atoms with E-state index in [4.69, 9.17) is 0 Å². The van der Waals surface area contributed by atoms with Crippen LogP contribution in [0.3, 0.4) is 0 Å². The molecule has 0 saturated carbocycles. The van der Waals surface area contributed by atoms with Crippen LogP contribution < -0.4 is 10.6 Å². The summed E-state index contributed by atoms with van der Waals surface area (Å²) in [5.41, 5.74) is -0.235. The van der Waals surface area contributed by atoms with Gasteiger partial charge in [0.1, 0.15) is 12.4 Å². The number of halogens is 1. The number of esters is 1. The second-order valence-electron chi connectivity index (χ2n) is 4.60. The molecule has 3 rings (SSSR count). The highest BCUT2D eigenvalue weighted by atomic mass is 19.1. The molecule has 8 nitrogen and oxygen atoms in total. The molecule has 0 aliphatic carbocycles. The molecule has 114 valence electrons. The third kappa shape index (κ3) is 2.16. The van der Waals surface area contributed by atoms with E-state index < -0.39 is 30.1 Å². The number of hydrogen-bond donors (Lipinski definition) is 0. The van der Waals surface area contributed by atoms with Crippen LogP contribution in [0.25, 0.3) is 0 Å². The quantitative estimate of drug-likeness (QED) is 0.764. The number of ether oxygens (including phenoxy) is 1. The van der Waals surface area contributed by atoms with Crippen LogP contribution in [0.2, 0.25) is 0 Å². The van der Waals surface area contributed by atoms with Crippen LogP contribution in [0.15, 0.2) is 29.1 Å². The summed E-state index contributed by atoms with van der Waals surface area (Å²) < 4.78 is 19.4. The molecule has 0 N–H and O–H groups in total. The van der Waals surface area contributed by atoms with Gasteiger partial charge in [0.2, 0.25) is 0 Å². The smallest absolute Gasteiger partial charge is 0.365 e. The summed E-state index contributed by atoms with van der Waals surface area (Å²) in [6, 6.07) is 4.81. The molecule has 2 aromatic rings. The van der Waals surface area contributed by atoms with Gasteiger partial charge >= 0.3 is 17.7 Å². The Kier molecular flexibility index (Phi) is 3.24. The normalized spacial score (nSPS) is 13.4.